The molecule has 0 spiro atoms. The summed E-state index contributed by atoms with van der Waals surface area (Å²) in [5.74, 6) is 1.56. The number of nitrogens with two attached hydrogens (primary N) is 1. The van der Waals surface area contributed by atoms with Gasteiger partial charge in [0.05, 0.1) is 13.7 Å². The Morgan fingerprint density at radius 3 is 2.68 bits per heavy atom. The van der Waals surface area contributed by atoms with E-state index < -0.39 is 0 Å². The fraction of sp³-hybridized carbons (Fsp3) is 0.500. The zero-order valence-electron chi connectivity index (χ0n) is 11.8. The first-order valence-corrected chi connectivity index (χ1v) is 6.28. The van der Waals surface area contributed by atoms with Gasteiger partial charge in [0.2, 0.25) is 5.91 Å². The lowest BCUT2D eigenvalue weighted by Gasteiger charge is -2.13. The lowest BCUT2D eigenvalue weighted by Crippen LogP contribution is -2.21. The van der Waals surface area contributed by atoms with Crippen molar-refractivity contribution in [2.45, 2.75) is 19.4 Å². The average molecular weight is 266 g/mol. The molecule has 0 atom stereocenters. The molecule has 0 bridgehead atoms. The van der Waals surface area contributed by atoms with E-state index in [1.54, 1.807) is 26.1 Å². The molecule has 19 heavy (non-hydrogen) atoms. The Morgan fingerprint density at radius 2 is 2.11 bits per heavy atom. The minimum atomic E-state index is 0.105. The van der Waals surface area contributed by atoms with Crippen molar-refractivity contribution >= 4 is 5.91 Å². The third-order valence-electron chi connectivity index (χ3n) is 2.79. The molecular weight excluding hydrogens is 244 g/mol. The highest BCUT2D eigenvalue weighted by atomic mass is 16.5. The number of hydrogen-bond donors (Lipinski definition) is 1. The van der Waals surface area contributed by atoms with Crippen molar-refractivity contribution in [1.29, 1.82) is 0 Å². The number of rotatable bonds is 7. The van der Waals surface area contributed by atoms with Crippen LogP contribution in [0.5, 0.6) is 11.5 Å². The van der Waals surface area contributed by atoms with Gasteiger partial charge in [-0.15, -0.1) is 0 Å². The number of benzene rings is 1. The molecule has 0 aliphatic heterocycles. The van der Waals surface area contributed by atoms with Crippen LogP contribution in [0.25, 0.3) is 0 Å². The van der Waals surface area contributed by atoms with Gasteiger partial charge in [0.25, 0.3) is 0 Å². The monoisotopic (exact) mass is 266 g/mol. The maximum Gasteiger partial charge on any atom is 0.222 e. The van der Waals surface area contributed by atoms with E-state index in [0.717, 1.165) is 17.1 Å². The number of carbonyl (C=O) groups is 1. The lowest BCUT2D eigenvalue weighted by atomic mass is 10.2. The molecule has 0 saturated heterocycles. The van der Waals surface area contributed by atoms with Crippen LogP contribution in [0.2, 0.25) is 0 Å². The summed E-state index contributed by atoms with van der Waals surface area (Å²) in [6.07, 6.45) is 1.16. The molecule has 1 rings (SSSR count). The highest BCUT2D eigenvalue weighted by molar-refractivity contribution is 5.75. The molecule has 0 unspecified atom stereocenters. The largest absolute Gasteiger partial charge is 0.497 e. The quantitative estimate of drug-likeness (QED) is 0.758. The second kappa shape index (κ2) is 7.63. The minimum absolute atomic E-state index is 0.105. The van der Waals surface area contributed by atoms with Gasteiger partial charge in [-0.3, -0.25) is 4.79 Å². The van der Waals surface area contributed by atoms with Crippen LogP contribution >= 0.6 is 0 Å². The van der Waals surface area contributed by atoms with Crippen LogP contribution < -0.4 is 15.2 Å². The van der Waals surface area contributed by atoms with Crippen molar-refractivity contribution in [3.63, 3.8) is 0 Å². The van der Waals surface area contributed by atoms with Crippen molar-refractivity contribution in [1.82, 2.24) is 4.90 Å². The molecule has 5 nitrogen and oxygen atoms in total. The number of carbonyl (C=O) groups excluding carboxylic acids is 1. The van der Waals surface area contributed by atoms with Crippen LogP contribution in [-0.2, 0) is 11.3 Å². The molecular formula is C14H22N2O3. The molecule has 5 heteroatoms. The Hall–Kier alpha value is -1.75. The van der Waals surface area contributed by atoms with Crippen molar-refractivity contribution in [2.24, 2.45) is 5.73 Å². The van der Waals surface area contributed by atoms with E-state index in [1.165, 1.54) is 0 Å². The highest BCUT2D eigenvalue weighted by Crippen LogP contribution is 2.24. The summed E-state index contributed by atoms with van der Waals surface area (Å²) in [4.78, 5) is 13.0. The molecule has 1 aromatic rings. The molecule has 2 N–H and O–H groups in total. The molecule has 106 valence electrons. The number of hydrogen-bond acceptors (Lipinski definition) is 4. The Kier molecular flexibility index (Phi) is 6.15. The maximum absolute atomic E-state index is 11.4. The summed E-state index contributed by atoms with van der Waals surface area (Å²) in [6, 6.07) is 5.56. The second-order valence-electron chi connectivity index (χ2n) is 4.42. The van der Waals surface area contributed by atoms with Crippen LogP contribution in [0.4, 0.5) is 0 Å². The molecule has 0 heterocycles. The van der Waals surface area contributed by atoms with E-state index in [2.05, 4.69) is 0 Å². The standard InChI is InChI=1S/C14H22N2O3/c1-16(2)14(17)5-4-8-19-13-9-12(18-3)7-6-11(13)10-15/h6-7,9H,4-5,8,10,15H2,1-3H3. The summed E-state index contributed by atoms with van der Waals surface area (Å²) in [5.41, 5.74) is 6.58. The molecule has 0 aliphatic rings. The maximum atomic E-state index is 11.4. The van der Waals surface area contributed by atoms with Crippen LogP contribution in [0.1, 0.15) is 18.4 Å². The first-order chi connectivity index (χ1) is 9.08. The fourth-order valence-electron chi connectivity index (χ4n) is 1.59. The zero-order valence-corrected chi connectivity index (χ0v) is 11.8. The molecule has 0 fully saturated rings. The second-order valence-corrected chi connectivity index (χ2v) is 4.42. The Morgan fingerprint density at radius 1 is 1.37 bits per heavy atom. The van der Waals surface area contributed by atoms with Gasteiger partial charge < -0.3 is 20.1 Å². The van der Waals surface area contributed by atoms with Gasteiger partial charge >= 0.3 is 0 Å². The SMILES string of the molecule is COc1ccc(CN)c(OCCCC(=O)N(C)C)c1. The predicted molar refractivity (Wildman–Crippen MR) is 74.3 cm³/mol. The summed E-state index contributed by atoms with van der Waals surface area (Å²) in [6.45, 7) is 0.899. The third kappa shape index (κ3) is 4.79. The first kappa shape index (κ1) is 15.3. The number of amides is 1. The van der Waals surface area contributed by atoms with Crippen LogP contribution in [-0.4, -0.2) is 38.6 Å². The van der Waals surface area contributed by atoms with E-state index in [4.69, 9.17) is 15.2 Å². The third-order valence-corrected chi connectivity index (χ3v) is 2.79. The van der Waals surface area contributed by atoms with Crippen LogP contribution in [0.3, 0.4) is 0 Å². The van der Waals surface area contributed by atoms with Gasteiger partial charge in [0, 0.05) is 38.7 Å². The van der Waals surface area contributed by atoms with Crippen molar-refractivity contribution in [3.05, 3.63) is 23.8 Å². The summed E-state index contributed by atoms with van der Waals surface area (Å²) in [5, 5.41) is 0. The summed E-state index contributed by atoms with van der Waals surface area (Å²) in [7, 11) is 5.10. The molecule has 1 amide bonds. The lowest BCUT2D eigenvalue weighted by molar-refractivity contribution is -0.128. The van der Waals surface area contributed by atoms with Crippen molar-refractivity contribution in [3.8, 4) is 11.5 Å². The molecule has 0 aliphatic carbocycles. The van der Waals surface area contributed by atoms with Crippen molar-refractivity contribution < 1.29 is 14.3 Å². The van der Waals surface area contributed by atoms with E-state index in [9.17, 15) is 4.79 Å². The van der Waals surface area contributed by atoms with Gasteiger partial charge in [-0.05, 0) is 12.5 Å². The number of ether oxygens (including phenoxy) is 2. The topological polar surface area (TPSA) is 64.8 Å². The Balaban J connectivity index is 2.50. The molecule has 1 aromatic carbocycles. The van der Waals surface area contributed by atoms with Gasteiger partial charge in [-0.2, -0.15) is 0 Å². The van der Waals surface area contributed by atoms with E-state index in [0.29, 0.717) is 26.0 Å². The van der Waals surface area contributed by atoms with Crippen LogP contribution in [0.15, 0.2) is 18.2 Å². The Bertz CT molecular complexity index is 419. The summed E-state index contributed by atoms with van der Waals surface area (Å²) >= 11 is 0. The smallest absolute Gasteiger partial charge is 0.222 e. The van der Waals surface area contributed by atoms with Crippen LogP contribution in [0, 0.1) is 0 Å². The minimum Gasteiger partial charge on any atom is -0.497 e. The van der Waals surface area contributed by atoms with Crippen molar-refractivity contribution in [2.75, 3.05) is 27.8 Å². The van der Waals surface area contributed by atoms with E-state index >= 15 is 0 Å². The fourth-order valence-corrected chi connectivity index (χ4v) is 1.59. The first-order valence-electron chi connectivity index (χ1n) is 6.28. The van der Waals surface area contributed by atoms with Gasteiger partial charge in [-0.25, -0.2) is 0 Å². The normalized spacial score (nSPS) is 10.1. The molecule has 0 radical (unpaired) electrons. The zero-order chi connectivity index (χ0) is 14.3. The number of nitrogens with zero attached hydrogens (tertiary/aromatic N) is 1. The van der Waals surface area contributed by atoms with Gasteiger partial charge in [0.1, 0.15) is 11.5 Å². The van der Waals surface area contributed by atoms with E-state index in [-0.39, 0.29) is 5.91 Å². The average Bonchev–Trinajstić information content (AvgIpc) is 2.42. The molecule has 0 aromatic heterocycles. The summed E-state index contributed by atoms with van der Waals surface area (Å²) < 4.78 is 10.8. The molecule has 0 saturated carbocycles. The van der Waals surface area contributed by atoms with Gasteiger partial charge in [0.15, 0.2) is 0 Å². The van der Waals surface area contributed by atoms with E-state index in [1.807, 2.05) is 18.2 Å². The number of methoxy groups -OCH3 is 1. The highest BCUT2D eigenvalue weighted by Gasteiger charge is 2.06. The Labute approximate surface area is 114 Å². The van der Waals surface area contributed by atoms with Gasteiger partial charge in [-0.1, -0.05) is 6.07 Å². The predicted octanol–water partition coefficient (Wildman–Crippen LogP) is 1.40.